The van der Waals surface area contributed by atoms with Crippen LogP contribution >= 0.6 is 0 Å². The van der Waals surface area contributed by atoms with E-state index >= 15 is 0 Å². The monoisotopic (exact) mass is 147 g/mol. The Morgan fingerprint density at radius 1 is 1.00 bits per heavy atom. The first kappa shape index (κ1) is 6.09. The molecule has 0 aliphatic rings. The van der Waals surface area contributed by atoms with Gasteiger partial charge < -0.3 is 15.9 Å². The van der Waals surface area contributed by atoms with Gasteiger partial charge >= 0.3 is 0 Å². The van der Waals surface area contributed by atoms with Crippen molar-refractivity contribution in [1.82, 2.24) is 4.40 Å². The van der Waals surface area contributed by atoms with Crippen LogP contribution in [0.4, 0.5) is 11.4 Å². The van der Waals surface area contributed by atoms with E-state index in [0.717, 1.165) is 16.9 Å². The van der Waals surface area contributed by atoms with E-state index in [1.54, 1.807) is 0 Å². The zero-order chi connectivity index (χ0) is 7.84. The molecule has 0 atom stereocenters. The van der Waals surface area contributed by atoms with Crippen LogP contribution in [0.25, 0.3) is 5.52 Å². The fraction of sp³-hybridized carbons (Fsp3) is 0. The molecule has 2 aromatic heterocycles. The molecular weight excluding hydrogens is 138 g/mol. The normalized spacial score (nSPS) is 10.5. The molecular formula is C8H9N3. The zero-order valence-electron chi connectivity index (χ0n) is 5.99. The van der Waals surface area contributed by atoms with Gasteiger partial charge in [-0.1, -0.05) is 0 Å². The minimum Gasteiger partial charge on any atom is -0.398 e. The molecule has 0 saturated carbocycles. The predicted molar refractivity (Wildman–Crippen MR) is 46.2 cm³/mol. The van der Waals surface area contributed by atoms with E-state index in [2.05, 4.69) is 0 Å². The van der Waals surface area contributed by atoms with Crippen molar-refractivity contribution in [2.24, 2.45) is 0 Å². The van der Waals surface area contributed by atoms with Crippen LogP contribution in [0, 0.1) is 0 Å². The minimum absolute atomic E-state index is 0.744. The van der Waals surface area contributed by atoms with E-state index in [9.17, 15) is 0 Å². The van der Waals surface area contributed by atoms with Gasteiger partial charge in [0.05, 0.1) is 5.69 Å². The molecule has 0 aromatic carbocycles. The first-order valence-electron chi connectivity index (χ1n) is 3.38. The van der Waals surface area contributed by atoms with Crippen molar-refractivity contribution in [3.63, 3.8) is 0 Å². The number of hydrogen-bond donors (Lipinski definition) is 2. The van der Waals surface area contributed by atoms with E-state index in [-0.39, 0.29) is 0 Å². The van der Waals surface area contributed by atoms with Gasteiger partial charge in [-0.05, 0) is 18.2 Å². The summed E-state index contributed by atoms with van der Waals surface area (Å²) in [6.45, 7) is 0. The number of anilines is 2. The average molecular weight is 147 g/mol. The quantitative estimate of drug-likeness (QED) is 0.586. The van der Waals surface area contributed by atoms with Crippen molar-refractivity contribution in [1.29, 1.82) is 0 Å². The van der Waals surface area contributed by atoms with Gasteiger partial charge in [-0.15, -0.1) is 0 Å². The second-order valence-electron chi connectivity index (χ2n) is 2.57. The van der Waals surface area contributed by atoms with Gasteiger partial charge in [0, 0.05) is 23.6 Å². The van der Waals surface area contributed by atoms with E-state index < -0.39 is 0 Å². The summed E-state index contributed by atoms with van der Waals surface area (Å²) in [5.41, 5.74) is 13.7. The summed E-state index contributed by atoms with van der Waals surface area (Å²) in [5, 5.41) is 0. The van der Waals surface area contributed by atoms with Crippen molar-refractivity contribution < 1.29 is 0 Å². The third kappa shape index (κ3) is 0.902. The summed E-state index contributed by atoms with van der Waals surface area (Å²) in [6, 6.07) is 5.69. The average Bonchev–Trinajstić information content (AvgIpc) is 2.27. The predicted octanol–water partition coefficient (Wildman–Crippen LogP) is 1.10. The number of hydrogen-bond acceptors (Lipinski definition) is 2. The fourth-order valence-electron chi connectivity index (χ4n) is 1.15. The third-order valence-corrected chi connectivity index (χ3v) is 1.64. The van der Waals surface area contributed by atoms with E-state index in [1.165, 1.54) is 0 Å². The molecule has 3 heteroatoms. The number of nitrogen functional groups attached to an aromatic ring is 2. The van der Waals surface area contributed by atoms with E-state index in [0.29, 0.717) is 0 Å². The molecule has 0 radical (unpaired) electrons. The number of nitrogens with zero attached hydrogens (tertiary/aromatic N) is 1. The van der Waals surface area contributed by atoms with Crippen molar-refractivity contribution in [2.75, 3.05) is 11.5 Å². The molecule has 3 nitrogen and oxygen atoms in total. The van der Waals surface area contributed by atoms with Gasteiger partial charge in [0.2, 0.25) is 0 Å². The van der Waals surface area contributed by atoms with Crippen molar-refractivity contribution >= 4 is 16.9 Å². The van der Waals surface area contributed by atoms with Gasteiger partial charge in [0.25, 0.3) is 0 Å². The van der Waals surface area contributed by atoms with Gasteiger partial charge in [-0.25, -0.2) is 0 Å². The Balaban J connectivity index is 2.82. The summed E-state index contributed by atoms with van der Waals surface area (Å²) < 4.78 is 1.91. The minimum atomic E-state index is 0.744. The van der Waals surface area contributed by atoms with Crippen molar-refractivity contribution in [3.8, 4) is 0 Å². The maximum absolute atomic E-state index is 5.58. The molecule has 2 rings (SSSR count). The highest BCUT2D eigenvalue weighted by atomic mass is 14.9. The molecule has 0 bridgehead atoms. The molecule has 2 aromatic rings. The van der Waals surface area contributed by atoms with Crippen LogP contribution in [0.3, 0.4) is 0 Å². The molecule has 0 saturated heterocycles. The zero-order valence-corrected chi connectivity index (χ0v) is 5.99. The summed E-state index contributed by atoms with van der Waals surface area (Å²) in [5.74, 6) is 0. The molecule has 0 spiro atoms. The SMILES string of the molecule is Nc1ccc2cc(N)cn2c1. The molecule has 2 heterocycles. The van der Waals surface area contributed by atoms with Crippen LogP contribution < -0.4 is 11.5 Å². The van der Waals surface area contributed by atoms with Crippen LogP contribution in [0.5, 0.6) is 0 Å². The summed E-state index contributed by atoms with van der Waals surface area (Å²) in [4.78, 5) is 0. The van der Waals surface area contributed by atoms with E-state index in [4.69, 9.17) is 11.5 Å². The number of pyridine rings is 1. The lowest BCUT2D eigenvalue weighted by Gasteiger charge is -1.94. The molecule has 0 unspecified atom stereocenters. The molecule has 0 aliphatic heterocycles. The highest BCUT2D eigenvalue weighted by molar-refractivity contribution is 5.60. The lowest BCUT2D eigenvalue weighted by Crippen LogP contribution is -1.87. The highest BCUT2D eigenvalue weighted by Gasteiger charge is 1.94. The second-order valence-corrected chi connectivity index (χ2v) is 2.57. The molecule has 4 N–H and O–H groups in total. The molecule has 0 fully saturated rings. The van der Waals surface area contributed by atoms with Gasteiger partial charge in [-0.3, -0.25) is 0 Å². The Morgan fingerprint density at radius 3 is 2.55 bits per heavy atom. The maximum Gasteiger partial charge on any atom is 0.0504 e. The Labute approximate surface area is 64.2 Å². The van der Waals surface area contributed by atoms with Gasteiger partial charge in [0.1, 0.15) is 0 Å². The topological polar surface area (TPSA) is 56.5 Å². The Hall–Kier alpha value is -1.64. The Bertz CT molecular complexity index is 389. The first-order chi connectivity index (χ1) is 5.25. The van der Waals surface area contributed by atoms with Gasteiger partial charge in [0.15, 0.2) is 0 Å². The van der Waals surface area contributed by atoms with Crippen LogP contribution in [0.15, 0.2) is 30.6 Å². The van der Waals surface area contributed by atoms with Crippen LogP contribution in [-0.2, 0) is 0 Å². The standard InChI is InChI=1S/C8H9N3/c9-6-1-2-8-3-7(10)5-11(8)4-6/h1-5H,9-10H2. The van der Waals surface area contributed by atoms with Crippen LogP contribution in [-0.4, -0.2) is 4.40 Å². The Morgan fingerprint density at radius 2 is 1.73 bits per heavy atom. The lowest BCUT2D eigenvalue weighted by molar-refractivity contribution is 1.20. The molecule has 0 amide bonds. The molecule has 56 valence electrons. The smallest absolute Gasteiger partial charge is 0.0504 e. The number of fused-ring (bicyclic) bond motifs is 1. The lowest BCUT2D eigenvalue weighted by atomic mass is 10.4. The second kappa shape index (κ2) is 1.92. The fourth-order valence-corrected chi connectivity index (χ4v) is 1.15. The number of rotatable bonds is 0. The number of nitrogens with two attached hydrogens (primary N) is 2. The highest BCUT2D eigenvalue weighted by Crippen LogP contribution is 2.13. The third-order valence-electron chi connectivity index (χ3n) is 1.64. The molecule has 11 heavy (non-hydrogen) atoms. The maximum atomic E-state index is 5.58. The largest absolute Gasteiger partial charge is 0.398 e. The van der Waals surface area contributed by atoms with Crippen molar-refractivity contribution in [2.45, 2.75) is 0 Å². The van der Waals surface area contributed by atoms with Crippen molar-refractivity contribution in [3.05, 3.63) is 30.6 Å². The summed E-state index contributed by atoms with van der Waals surface area (Å²) >= 11 is 0. The first-order valence-corrected chi connectivity index (χ1v) is 3.38. The summed E-state index contributed by atoms with van der Waals surface area (Å²) in [6.07, 6.45) is 3.68. The Kier molecular flexibility index (Phi) is 1.06. The van der Waals surface area contributed by atoms with Crippen LogP contribution in [0.1, 0.15) is 0 Å². The van der Waals surface area contributed by atoms with Crippen LogP contribution in [0.2, 0.25) is 0 Å². The summed E-state index contributed by atoms with van der Waals surface area (Å²) in [7, 11) is 0. The van der Waals surface area contributed by atoms with E-state index in [1.807, 2.05) is 35.0 Å². The number of aromatic nitrogens is 1. The molecule has 0 aliphatic carbocycles. The van der Waals surface area contributed by atoms with Gasteiger partial charge in [-0.2, -0.15) is 0 Å².